The summed E-state index contributed by atoms with van der Waals surface area (Å²) in [5, 5.41) is 0. The van der Waals surface area contributed by atoms with Crippen molar-refractivity contribution >= 4 is 21.7 Å². The summed E-state index contributed by atoms with van der Waals surface area (Å²) in [5.41, 5.74) is 1.93. The number of carbonyl (C=O) groups excluding carboxylic acids is 1. The van der Waals surface area contributed by atoms with Crippen molar-refractivity contribution < 1.29 is 13.9 Å². The van der Waals surface area contributed by atoms with Crippen LogP contribution in [0.5, 0.6) is 5.75 Å². The molecule has 0 amide bonds. The van der Waals surface area contributed by atoms with Crippen molar-refractivity contribution in [2.24, 2.45) is 0 Å². The van der Waals surface area contributed by atoms with E-state index in [0.29, 0.717) is 16.9 Å². The fraction of sp³-hybridized carbons (Fsp3) is 0.188. The van der Waals surface area contributed by atoms with E-state index < -0.39 is 0 Å². The molecule has 0 atom stereocenters. The van der Waals surface area contributed by atoms with E-state index >= 15 is 0 Å². The van der Waals surface area contributed by atoms with Gasteiger partial charge in [-0.2, -0.15) is 0 Å². The van der Waals surface area contributed by atoms with Crippen LogP contribution in [0.4, 0.5) is 4.39 Å². The lowest BCUT2D eigenvalue weighted by molar-refractivity contribution is 0.101. The average Bonchev–Trinajstić information content (AvgIpc) is 2.39. The molecule has 0 spiro atoms. The first kappa shape index (κ1) is 14.7. The van der Waals surface area contributed by atoms with Crippen molar-refractivity contribution in [1.82, 2.24) is 0 Å². The summed E-state index contributed by atoms with van der Waals surface area (Å²) in [4.78, 5) is 11.5. The van der Waals surface area contributed by atoms with Crippen LogP contribution in [0.25, 0.3) is 0 Å². The molecule has 2 nitrogen and oxygen atoms in total. The second-order valence-corrected chi connectivity index (χ2v) is 5.50. The number of rotatable bonds is 4. The van der Waals surface area contributed by atoms with Crippen molar-refractivity contribution in [2.45, 2.75) is 20.5 Å². The first-order chi connectivity index (χ1) is 9.47. The van der Waals surface area contributed by atoms with Gasteiger partial charge in [-0.3, -0.25) is 4.79 Å². The lowest BCUT2D eigenvalue weighted by atomic mass is 10.1. The van der Waals surface area contributed by atoms with Crippen molar-refractivity contribution in [2.75, 3.05) is 0 Å². The molecule has 0 radical (unpaired) electrons. The quantitative estimate of drug-likeness (QED) is 0.758. The molecule has 20 heavy (non-hydrogen) atoms. The minimum atomic E-state index is -0.328. The third-order valence-corrected chi connectivity index (χ3v) is 3.40. The maximum atomic E-state index is 13.6. The van der Waals surface area contributed by atoms with Gasteiger partial charge >= 0.3 is 0 Å². The molecule has 0 aromatic heterocycles. The Bertz CT molecular complexity index is 653. The predicted octanol–water partition coefficient (Wildman–Crippen LogP) is 4.68. The Morgan fingerprint density at radius 2 is 2.00 bits per heavy atom. The number of hydrogen-bond donors (Lipinski definition) is 0. The molecule has 0 N–H and O–H groups in total. The van der Waals surface area contributed by atoms with Gasteiger partial charge in [-0.05, 0) is 49.7 Å². The lowest BCUT2D eigenvalue weighted by Crippen LogP contribution is -2.03. The van der Waals surface area contributed by atoms with Crippen molar-refractivity contribution in [3.63, 3.8) is 0 Å². The van der Waals surface area contributed by atoms with Crippen LogP contribution in [0.2, 0.25) is 0 Å². The maximum absolute atomic E-state index is 13.6. The Hall–Kier alpha value is -1.68. The van der Waals surface area contributed by atoms with E-state index in [2.05, 4.69) is 15.9 Å². The fourth-order valence-electron chi connectivity index (χ4n) is 1.85. The highest BCUT2D eigenvalue weighted by Crippen LogP contribution is 2.23. The molecule has 0 bridgehead atoms. The molecular weight excluding hydrogens is 323 g/mol. The predicted molar refractivity (Wildman–Crippen MR) is 79.6 cm³/mol. The van der Waals surface area contributed by atoms with Gasteiger partial charge in [0.2, 0.25) is 0 Å². The first-order valence-corrected chi connectivity index (χ1v) is 6.95. The number of halogens is 2. The number of ether oxygens (including phenoxy) is 1. The van der Waals surface area contributed by atoms with Crippen molar-refractivity contribution in [1.29, 1.82) is 0 Å². The summed E-state index contributed by atoms with van der Waals surface area (Å²) in [5.74, 6) is 0.0804. The van der Waals surface area contributed by atoms with Crippen LogP contribution in [0, 0.1) is 12.7 Å². The van der Waals surface area contributed by atoms with Crippen LogP contribution in [-0.4, -0.2) is 5.78 Å². The Morgan fingerprint density at radius 3 is 2.70 bits per heavy atom. The first-order valence-electron chi connectivity index (χ1n) is 6.15. The molecule has 0 unspecified atom stereocenters. The summed E-state index contributed by atoms with van der Waals surface area (Å²) >= 11 is 3.30. The zero-order valence-corrected chi connectivity index (χ0v) is 12.8. The smallest absolute Gasteiger partial charge is 0.163 e. The molecule has 104 valence electrons. The molecular formula is C16H14BrFO2. The molecule has 2 rings (SSSR count). The standard InChI is InChI=1S/C16H14BrFO2/c1-10-3-5-14(11(2)19)16(7-10)20-9-12-8-13(17)4-6-15(12)18/h3-8H,9H2,1-2H3. The van der Waals surface area contributed by atoms with E-state index in [-0.39, 0.29) is 18.2 Å². The number of hydrogen-bond acceptors (Lipinski definition) is 2. The monoisotopic (exact) mass is 336 g/mol. The fourth-order valence-corrected chi connectivity index (χ4v) is 2.26. The second-order valence-electron chi connectivity index (χ2n) is 4.58. The molecule has 0 aliphatic heterocycles. The highest BCUT2D eigenvalue weighted by Gasteiger charge is 2.10. The molecule has 0 saturated carbocycles. The summed E-state index contributed by atoms with van der Waals surface area (Å²) in [6.45, 7) is 3.47. The largest absolute Gasteiger partial charge is 0.488 e. The molecule has 0 heterocycles. The maximum Gasteiger partial charge on any atom is 0.163 e. The van der Waals surface area contributed by atoms with Crippen LogP contribution in [0.15, 0.2) is 40.9 Å². The van der Waals surface area contributed by atoms with E-state index in [1.165, 1.54) is 13.0 Å². The van der Waals surface area contributed by atoms with E-state index in [1.807, 2.05) is 13.0 Å². The minimum absolute atomic E-state index is 0.0743. The van der Waals surface area contributed by atoms with Gasteiger partial charge in [0.25, 0.3) is 0 Å². The number of Topliss-reactive ketones (excluding diaryl/α,β-unsaturated/α-hetero) is 1. The number of ketones is 1. The van der Waals surface area contributed by atoms with E-state index in [0.717, 1.165) is 10.0 Å². The van der Waals surface area contributed by atoms with Gasteiger partial charge in [0.15, 0.2) is 5.78 Å². The van der Waals surface area contributed by atoms with Gasteiger partial charge in [0.1, 0.15) is 18.2 Å². The lowest BCUT2D eigenvalue weighted by Gasteiger charge is -2.11. The highest BCUT2D eigenvalue weighted by molar-refractivity contribution is 9.10. The van der Waals surface area contributed by atoms with Crippen LogP contribution in [-0.2, 0) is 6.61 Å². The summed E-state index contributed by atoms with van der Waals surface area (Å²) in [6, 6.07) is 10.0. The summed E-state index contributed by atoms with van der Waals surface area (Å²) in [7, 11) is 0. The van der Waals surface area contributed by atoms with Crippen LogP contribution < -0.4 is 4.74 Å². The Kier molecular flexibility index (Phi) is 4.55. The van der Waals surface area contributed by atoms with E-state index in [1.54, 1.807) is 24.3 Å². The Morgan fingerprint density at radius 1 is 1.25 bits per heavy atom. The molecule has 0 aliphatic rings. The minimum Gasteiger partial charge on any atom is -0.488 e. The third-order valence-electron chi connectivity index (χ3n) is 2.91. The zero-order valence-electron chi connectivity index (χ0n) is 11.2. The number of carbonyl (C=O) groups is 1. The molecule has 0 fully saturated rings. The average molecular weight is 337 g/mol. The summed E-state index contributed by atoms with van der Waals surface area (Å²) in [6.07, 6.45) is 0. The van der Waals surface area contributed by atoms with Gasteiger partial charge in [0, 0.05) is 10.0 Å². The summed E-state index contributed by atoms with van der Waals surface area (Å²) < 4.78 is 20.0. The molecule has 0 aliphatic carbocycles. The molecule has 2 aromatic carbocycles. The topological polar surface area (TPSA) is 26.3 Å². The van der Waals surface area contributed by atoms with Crippen molar-refractivity contribution in [3.05, 3.63) is 63.4 Å². The van der Waals surface area contributed by atoms with Crippen molar-refractivity contribution in [3.8, 4) is 5.75 Å². The van der Waals surface area contributed by atoms with Gasteiger partial charge in [-0.25, -0.2) is 4.39 Å². The number of benzene rings is 2. The SMILES string of the molecule is CC(=O)c1ccc(C)cc1OCc1cc(Br)ccc1F. The van der Waals surface area contributed by atoms with Gasteiger partial charge in [-0.1, -0.05) is 22.0 Å². The molecule has 0 saturated heterocycles. The Labute approximate surface area is 125 Å². The molecule has 2 aromatic rings. The van der Waals surface area contributed by atoms with Crippen LogP contribution in [0.3, 0.4) is 0 Å². The van der Waals surface area contributed by atoms with Crippen LogP contribution >= 0.6 is 15.9 Å². The number of aryl methyl sites for hydroxylation is 1. The van der Waals surface area contributed by atoms with Gasteiger partial charge in [-0.15, -0.1) is 0 Å². The van der Waals surface area contributed by atoms with Crippen LogP contribution in [0.1, 0.15) is 28.4 Å². The normalized spacial score (nSPS) is 10.4. The molecule has 4 heteroatoms. The van der Waals surface area contributed by atoms with Gasteiger partial charge < -0.3 is 4.74 Å². The Balaban J connectivity index is 2.24. The van der Waals surface area contributed by atoms with E-state index in [4.69, 9.17) is 4.74 Å². The van der Waals surface area contributed by atoms with E-state index in [9.17, 15) is 9.18 Å². The third kappa shape index (κ3) is 3.45. The van der Waals surface area contributed by atoms with Gasteiger partial charge in [0.05, 0.1) is 5.56 Å². The second kappa shape index (κ2) is 6.18. The zero-order chi connectivity index (χ0) is 14.7. The highest BCUT2D eigenvalue weighted by atomic mass is 79.9.